The molecule has 1 aromatic carbocycles. The fourth-order valence-electron chi connectivity index (χ4n) is 1.90. The highest BCUT2D eigenvalue weighted by molar-refractivity contribution is 5.89. The highest BCUT2D eigenvalue weighted by Gasteiger charge is 2.15. The number of hydrogen-bond donors (Lipinski definition) is 2. The van der Waals surface area contributed by atoms with Crippen molar-refractivity contribution >= 4 is 17.7 Å². The van der Waals surface area contributed by atoms with Crippen LogP contribution in [0.25, 0.3) is 0 Å². The molecule has 1 atom stereocenters. The summed E-state index contributed by atoms with van der Waals surface area (Å²) in [6, 6.07) is 6.60. The van der Waals surface area contributed by atoms with Crippen LogP contribution in [0.2, 0.25) is 0 Å². The third-order valence-corrected chi connectivity index (χ3v) is 3.35. The number of ether oxygens (including phenoxy) is 2. The lowest BCUT2D eigenvalue weighted by Crippen LogP contribution is -2.39. The number of rotatable bonds is 9. The summed E-state index contributed by atoms with van der Waals surface area (Å²) in [5.74, 6) is 0.437. The molecule has 0 spiro atoms. The highest BCUT2D eigenvalue weighted by Crippen LogP contribution is 2.16. The quantitative estimate of drug-likeness (QED) is 0.540. The number of carbonyl (C=O) groups is 2. The van der Waals surface area contributed by atoms with Crippen LogP contribution in [0.3, 0.4) is 0 Å². The first-order valence-electron chi connectivity index (χ1n) is 7.96. The van der Waals surface area contributed by atoms with Crippen LogP contribution in [0.15, 0.2) is 24.3 Å². The van der Waals surface area contributed by atoms with E-state index in [0.29, 0.717) is 18.7 Å². The fraction of sp³-hybridized carbons (Fsp3) is 0.529. The highest BCUT2D eigenvalue weighted by atomic mass is 16.5. The molecule has 0 saturated carbocycles. The summed E-state index contributed by atoms with van der Waals surface area (Å²) in [5, 5.41) is 5.49. The van der Waals surface area contributed by atoms with E-state index in [4.69, 9.17) is 4.74 Å². The average Bonchev–Trinajstić information content (AvgIpc) is 2.55. The van der Waals surface area contributed by atoms with Crippen molar-refractivity contribution in [3.05, 3.63) is 24.3 Å². The summed E-state index contributed by atoms with van der Waals surface area (Å²) in [6.07, 6.45) is 2.91. The van der Waals surface area contributed by atoms with Crippen LogP contribution in [0.4, 0.5) is 10.5 Å². The van der Waals surface area contributed by atoms with Gasteiger partial charge in [0.15, 0.2) is 0 Å². The zero-order valence-electron chi connectivity index (χ0n) is 14.1. The molecule has 23 heavy (non-hydrogen) atoms. The standard InChI is InChI=1S/C17H26N2O4/c1-4-6-11-23-15-9-7-14(8-10-15)19-17(21)18-13(5-2)12-16(20)22-3/h7-10,13H,4-6,11-12H2,1-3H3,(H2,18,19,21). The minimum absolute atomic E-state index is 0.157. The molecule has 0 aliphatic rings. The Balaban J connectivity index is 2.45. The maximum atomic E-state index is 11.9. The van der Waals surface area contributed by atoms with Crippen LogP contribution in [0.5, 0.6) is 5.75 Å². The first-order valence-corrected chi connectivity index (χ1v) is 7.96. The molecule has 0 bridgehead atoms. The van der Waals surface area contributed by atoms with Gasteiger partial charge in [-0.15, -0.1) is 0 Å². The lowest BCUT2D eigenvalue weighted by Gasteiger charge is -2.16. The van der Waals surface area contributed by atoms with Crippen molar-refractivity contribution in [2.45, 2.75) is 45.6 Å². The van der Waals surface area contributed by atoms with Gasteiger partial charge in [0.25, 0.3) is 0 Å². The molecule has 0 aliphatic heterocycles. The lowest BCUT2D eigenvalue weighted by atomic mass is 10.1. The maximum absolute atomic E-state index is 11.9. The first kappa shape index (κ1) is 18.8. The number of esters is 1. The van der Waals surface area contributed by atoms with E-state index in [1.165, 1.54) is 7.11 Å². The van der Waals surface area contributed by atoms with Crippen LogP contribution in [0, 0.1) is 0 Å². The average molecular weight is 322 g/mol. The molecule has 0 radical (unpaired) electrons. The van der Waals surface area contributed by atoms with E-state index >= 15 is 0 Å². The number of benzene rings is 1. The molecule has 0 saturated heterocycles. The summed E-state index contributed by atoms with van der Waals surface area (Å²) >= 11 is 0. The Bertz CT molecular complexity index is 488. The monoisotopic (exact) mass is 322 g/mol. The van der Waals surface area contributed by atoms with Crippen LogP contribution in [-0.4, -0.2) is 31.8 Å². The number of anilines is 1. The maximum Gasteiger partial charge on any atom is 0.319 e. The van der Waals surface area contributed by atoms with Gasteiger partial charge in [0.2, 0.25) is 0 Å². The van der Waals surface area contributed by atoms with Crippen molar-refractivity contribution in [3.63, 3.8) is 0 Å². The largest absolute Gasteiger partial charge is 0.494 e. The van der Waals surface area contributed by atoms with Crippen molar-refractivity contribution in [1.82, 2.24) is 5.32 Å². The van der Waals surface area contributed by atoms with Gasteiger partial charge in [-0.2, -0.15) is 0 Å². The van der Waals surface area contributed by atoms with E-state index in [2.05, 4.69) is 22.3 Å². The predicted molar refractivity (Wildman–Crippen MR) is 89.7 cm³/mol. The Morgan fingerprint density at radius 3 is 2.43 bits per heavy atom. The van der Waals surface area contributed by atoms with Crippen LogP contribution in [-0.2, 0) is 9.53 Å². The van der Waals surface area contributed by atoms with E-state index in [1.54, 1.807) is 12.1 Å². The second kappa shape index (κ2) is 10.5. The zero-order valence-corrected chi connectivity index (χ0v) is 14.1. The molecular weight excluding hydrogens is 296 g/mol. The van der Waals surface area contributed by atoms with Crippen molar-refractivity contribution in [3.8, 4) is 5.75 Å². The van der Waals surface area contributed by atoms with Crippen molar-refractivity contribution in [2.75, 3.05) is 19.0 Å². The molecule has 1 unspecified atom stereocenters. The normalized spacial score (nSPS) is 11.4. The van der Waals surface area contributed by atoms with Crippen molar-refractivity contribution in [1.29, 1.82) is 0 Å². The summed E-state index contributed by atoms with van der Waals surface area (Å²) in [7, 11) is 1.33. The van der Waals surface area contributed by atoms with Crippen molar-refractivity contribution < 1.29 is 19.1 Å². The van der Waals surface area contributed by atoms with Gasteiger partial charge in [-0.25, -0.2) is 4.79 Å². The Hall–Kier alpha value is -2.24. The van der Waals surface area contributed by atoms with Crippen LogP contribution < -0.4 is 15.4 Å². The zero-order chi connectivity index (χ0) is 17.1. The molecule has 0 aliphatic carbocycles. The van der Waals surface area contributed by atoms with E-state index in [-0.39, 0.29) is 24.5 Å². The number of amides is 2. The second-order valence-electron chi connectivity index (χ2n) is 5.21. The molecule has 0 heterocycles. The molecule has 0 aromatic heterocycles. The molecule has 6 heteroatoms. The van der Waals surface area contributed by atoms with Gasteiger partial charge in [-0.3, -0.25) is 4.79 Å². The molecule has 2 amide bonds. The van der Waals surface area contributed by atoms with Gasteiger partial charge >= 0.3 is 12.0 Å². The van der Waals surface area contributed by atoms with Gasteiger partial charge in [0, 0.05) is 11.7 Å². The number of carbonyl (C=O) groups excluding carboxylic acids is 2. The summed E-state index contributed by atoms with van der Waals surface area (Å²) in [4.78, 5) is 23.2. The van der Waals surface area contributed by atoms with Crippen LogP contribution >= 0.6 is 0 Å². The second-order valence-corrected chi connectivity index (χ2v) is 5.21. The van der Waals surface area contributed by atoms with E-state index in [1.807, 2.05) is 19.1 Å². The number of nitrogens with one attached hydrogen (secondary N) is 2. The van der Waals surface area contributed by atoms with Crippen molar-refractivity contribution in [2.24, 2.45) is 0 Å². The number of unbranched alkanes of at least 4 members (excludes halogenated alkanes) is 1. The third kappa shape index (κ3) is 7.54. The first-order chi connectivity index (χ1) is 11.1. The van der Waals surface area contributed by atoms with Gasteiger partial charge in [-0.05, 0) is 37.1 Å². The van der Waals surface area contributed by atoms with E-state index in [9.17, 15) is 9.59 Å². The Morgan fingerprint density at radius 2 is 1.87 bits per heavy atom. The Kier molecular flexibility index (Phi) is 8.57. The minimum atomic E-state index is -0.347. The molecule has 6 nitrogen and oxygen atoms in total. The Morgan fingerprint density at radius 1 is 1.17 bits per heavy atom. The summed E-state index contributed by atoms with van der Waals surface area (Å²) < 4.78 is 10.2. The summed E-state index contributed by atoms with van der Waals surface area (Å²) in [6.45, 7) is 4.70. The topological polar surface area (TPSA) is 76.7 Å². The SMILES string of the molecule is CCCCOc1ccc(NC(=O)NC(CC)CC(=O)OC)cc1. The molecule has 128 valence electrons. The predicted octanol–water partition coefficient (Wildman–Crippen LogP) is 3.33. The number of urea groups is 1. The molecular formula is C17H26N2O4. The van der Waals surface area contributed by atoms with Gasteiger partial charge in [0.05, 0.1) is 20.1 Å². The number of methoxy groups -OCH3 is 1. The van der Waals surface area contributed by atoms with Gasteiger partial charge < -0.3 is 20.1 Å². The minimum Gasteiger partial charge on any atom is -0.494 e. The third-order valence-electron chi connectivity index (χ3n) is 3.35. The van der Waals surface area contributed by atoms with Crippen LogP contribution in [0.1, 0.15) is 39.5 Å². The smallest absolute Gasteiger partial charge is 0.319 e. The Labute approximate surface area is 137 Å². The van der Waals surface area contributed by atoms with Gasteiger partial charge in [-0.1, -0.05) is 20.3 Å². The lowest BCUT2D eigenvalue weighted by molar-refractivity contribution is -0.141. The molecule has 1 aromatic rings. The fourth-order valence-corrected chi connectivity index (χ4v) is 1.90. The summed E-state index contributed by atoms with van der Waals surface area (Å²) in [5.41, 5.74) is 0.665. The van der Waals surface area contributed by atoms with Gasteiger partial charge in [0.1, 0.15) is 5.75 Å². The molecule has 2 N–H and O–H groups in total. The molecule has 1 rings (SSSR count). The number of hydrogen-bond acceptors (Lipinski definition) is 4. The molecule has 0 fully saturated rings. The van der Waals surface area contributed by atoms with E-state index in [0.717, 1.165) is 18.6 Å². The van der Waals surface area contributed by atoms with E-state index < -0.39 is 0 Å².